The predicted octanol–water partition coefficient (Wildman–Crippen LogP) is 4.95. The van der Waals surface area contributed by atoms with Crippen molar-refractivity contribution in [2.45, 2.75) is 27.3 Å². The highest BCUT2D eigenvalue weighted by Gasteiger charge is 2.14. The van der Waals surface area contributed by atoms with E-state index in [2.05, 4.69) is 20.0 Å². The lowest BCUT2D eigenvalue weighted by atomic mass is 10.1. The van der Waals surface area contributed by atoms with Crippen molar-refractivity contribution in [3.8, 4) is 5.69 Å². The second-order valence-electron chi connectivity index (χ2n) is 7.26. The van der Waals surface area contributed by atoms with E-state index < -0.39 is 0 Å². The second kappa shape index (κ2) is 8.16. The lowest BCUT2D eigenvalue weighted by Gasteiger charge is -2.11. The van der Waals surface area contributed by atoms with E-state index in [-0.39, 0.29) is 5.91 Å². The van der Waals surface area contributed by atoms with Crippen molar-refractivity contribution < 1.29 is 4.79 Å². The summed E-state index contributed by atoms with van der Waals surface area (Å²) in [5.41, 5.74) is 4.87. The Balaban J connectivity index is 1.57. The van der Waals surface area contributed by atoms with E-state index in [1.807, 2.05) is 63.4 Å². The van der Waals surface area contributed by atoms with Crippen molar-refractivity contribution >= 4 is 23.2 Å². The highest BCUT2D eigenvalue weighted by molar-refractivity contribution is 6.34. The molecule has 0 bridgehead atoms. The number of rotatable bonds is 5. The number of carbonyl (C=O) groups excluding carboxylic acids is 1. The monoisotopic (exact) mass is 419 g/mol. The van der Waals surface area contributed by atoms with Crippen LogP contribution in [-0.2, 0) is 6.54 Å². The van der Waals surface area contributed by atoms with Crippen LogP contribution in [0.2, 0.25) is 5.02 Å². The van der Waals surface area contributed by atoms with Gasteiger partial charge in [-0.3, -0.25) is 4.79 Å². The number of amides is 1. The Labute approximate surface area is 180 Å². The smallest absolute Gasteiger partial charge is 0.257 e. The van der Waals surface area contributed by atoms with E-state index in [1.165, 1.54) is 0 Å². The summed E-state index contributed by atoms with van der Waals surface area (Å²) < 4.78 is 3.85. The quantitative estimate of drug-likeness (QED) is 0.497. The number of halogens is 1. The maximum absolute atomic E-state index is 13.0. The first kappa shape index (κ1) is 19.9. The number of imidazole rings is 1. The molecule has 0 radical (unpaired) electrons. The van der Waals surface area contributed by atoms with Crippen molar-refractivity contribution in [3.05, 3.63) is 94.3 Å². The molecule has 0 aliphatic carbocycles. The van der Waals surface area contributed by atoms with Gasteiger partial charge in [0.1, 0.15) is 5.82 Å². The molecular formula is C23H22ClN5O. The van der Waals surface area contributed by atoms with Gasteiger partial charge in [-0.15, -0.1) is 0 Å². The minimum atomic E-state index is -0.264. The van der Waals surface area contributed by atoms with Gasteiger partial charge in [-0.2, -0.15) is 5.10 Å². The Morgan fingerprint density at radius 3 is 2.63 bits per heavy atom. The summed E-state index contributed by atoms with van der Waals surface area (Å²) in [6.07, 6.45) is 3.71. The van der Waals surface area contributed by atoms with Gasteiger partial charge in [0, 0.05) is 30.3 Å². The van der Waals surface area contributed by atoms with E-state index in [1.54, 1.807) is 23.0 Å². The van der Waals surface area contributed by atoms with E-state index in [0.717, 1.165) is 28.5 Å². The van der Waals surface area contributed by atoms with Crippen molar-refractivity contribution in [3.63, 3.8) is 0 Å². The average molecular weight is 420 g/mol. The molecule has 4 aromatic rings. The molecular weight excluding hydrogens is 398 g/mol. The van der Waals surface area contributed by atoms with Gasteiger partial charge in [-0.25, -0.2) is 9.67 Å². The number of anilines is 1. The number of carbonyl (C=O) groups is 1. The SMILES string of the molecule is Cc1cc(C)n(-c2ccc(Cl)c(C(=O)Nc3cccc(Cn4ccnc4C)c3)c2)n1. The Kier molecular flexibility index (Phi) is 5.42. The summed E-state index contributed by atoms with van der Waals surface area (Å²) in [6.45, 7) is 6.56. The van der Waals surface area contributed by atoms with Gasteiger partial charge in [0.05, 0.1) is 22.0 Å². The van der Waals surface area contributed by atoms with Gasteiger partial charge in [0.15, 0.2) is 0 Å². The topological polar surface area (TPSA) is 64.7 Å². The second-order valence-corrected chi connectivity index (χ2v) is 7.67. The molecule has 7 heteroatoms. The van der Waals surface area contributed by atoms with Crippen LogP contribution in [0.4, 0.5) is 5.69 Å². The van der Waals surface area contributed by atoms with Crippen LogP contribution in [0.25, 0.3) is 5.69 Å². The van der Waals surface area contributed by atoms with Gasteiger partial charge in [-0.05, 0) is 62.7 Å². The largest absolute Gasteiger partial charge is 0.331 e. The summed E-state index contributed by atoms with van der Waals surface area (Å²) in [5.74, 6) is 0.677. The number of nitrogens with one attached hydrogen (secondary N) is 1. The molecule has 0 spiro atoms. The zero-order valence-corrected chi connectivity index (χ0v) is 17.8. The zero-order chi connectivity index (χ0) is 21.3. The molecule has 0 saturated heterocycles. The standard InChI is InChI=1S/C23H22ClN5O/c1-15-11-16(2)29(27-15)20-7-8-22(24)21(13-20)23(30)26-19-6-4-5-18(12-19)14-28-10-9-25-17(28)3/h4-13H,14H2,1-3H3,(H,26,30). The third kappa shape index (κ3) is 4.14. The fourth-order valence-electron chi connectivity index (χ4n) is 3.42. The molecule has 2 aromatic heterocycles. The molecule has 1 N–H and O–H groups in total. The number of benzene rings is 2. The number of hydrogen-bond donors (Lipinski definition) is 1. The van der Waals surface area contributed by atoms with E-state index in [9.17, 15) is 4.79 Å². The summed E-state index contributed by atoms with van der Waals surface area (Å²) >= 11 is 6.33. The third-order valence-electron chi connectivity index (χ3n) is 4.91. The Morgan fingerprint density at radius 2 is 1.93 bits per heavy atom. The van der Waals surface area contributed by atoms with Gasteiger partial charge in [0.25, 0.3) is 5.91 Å². The molecule has 1 amide bonds. The number of nitrogens with zero attached hydrogens (tertiary/aromatic N) is 4. The first-order valence-electron chi connectivity index (χ1n) is 9.62. The van der Waals surface area contributed by atoms with Crippen LogP contribution in [0.1, 0.15) is 33.1 Å². The number of aromatic nitrogens is 4. The Morgan fingerprint density at radius 1 is 1.10 bits per heavy atom. The summed E-state index contributed by atoms with van der Waals surface area (Å²) in [6, 6.07) is 15.1. The van der Waals surface area contributed by atoms with Crippen LogP contribution in [0.3, 0.4) is 0 Å². The molecule has 0 unspecified atom stereocenters. The van der Waals surface area contributed by atoms with Crippen LogP contribution < -0.4 is 5.32 Å². The van der Waals surface area contributed by atoms with E-state index >= 15 is 0 Å². The molecule has 152 valence electrons. The maximum Gasteiger partial charge on any atom is 0.257 e. The van der Waals surface area contributed by atoms with E-state index in [0.29, 0.717) is 22.8 Å². The minimum absolute atomic E-state index is 0.264. The molecule has 0 fully saturated rings. The van der Waals surface area contributed by atoms with Crippen molar-refractivity contribution in [2.75, 3.05) is 5.32 Å². The minimum Gasteiger partial charge on any atom is -0.331 e. The predicted molar refractivity (Wildman–Crippen MR) is 119 cm³/mol. The van der Waals surface area contributed by atoms with Crippen LogP contribution >= 0.6 is 11.6 Å². The van der Waals surface area contributed by atoms with Crippen LogP contribution in [-0.4, -0.2) is 25.2 Å². The summed E-state index contributed by atoms with van der Waals surface area (Å²) in [5, 5.41) is 7.83. The molecule has 6 nitrogen and oxygen atoms in total. The molecule has 2 aromatic carbocycles. The first-order chi connectivity index (χ1) is 14.4. The Bertz CT molecular complexity index is 1220. The number of aryl methyl sites for hydroxylation is 3. The zero-order valence-electron chi connectivity index (χ0n) is 17.1. The molecule has 2 heterocycles. The highest BCUT2D eigenvalue weighted by atomic mass is 35.5. The third-order valence-corrected chi connectivity index (χ3v) is 5.24. The van der Waals surface area contributed by atoms with Crippen molar-refractivity contribution in [2.24, 2.45) is 0 Å². The van der Waals surface area contributed by atoms with Gasteiger partial charge >= 0.3 is 0 Å². The molecule has 0 atom stereocenters. The fraction of sp³-hybridized carbons (Fsp3) is 0.174. The average Bonchev–Trinajstić information content (AvgIpc) is 3.26. The number of hydrogen-bond acceptors (Lipinski definition) is 3. The molecule has 0 aliphatic rings. The first-order valence-corrected chi connectivity index (χ1v) is 10.00. The van der Waals surface area contributed by atoms with Crippen LogP contribution in [0, 0.1) is 20.8 Å². The molecule has 30 heavy (non-hydrogen) atoms. The summed E-state index contributed by atoms with van der Waals surface area (Å²) in [4.78, 5) is 17.2. The lowest BCUT2D eigenvalue weighted by molar-refractivity contribution is 0.102. The van der Waals surface area contributed by atoms with Crippen LogP contribution in [0.15, 0.2) is 60.9 Å². The summed E-state index contributed by atoms with van der Waals surface area (Å²) in [7, 11) is 0. The molecule has 0 aliphatic heterocycles. The van der Waals surface area contributed by atoms with E-state index in [4.69, 9.17) is 11.6 Å². The maximum atomic E-state index is 13.0. The fourth-order valence-corrected chi connectivity index (χ4v) is 3.63. The molecule has 0 saturated carbocycles. The van der Waals surface area contributed by atoms with Gasteiger partial charge in [0.2, 0.25) is 0 Å². The van der Waals surface area contributed by atoms with Gasteiger partial charge < -0.3 is 9.88 Å². The Hall–Kier alpha value is -3.38. The van der Waals surface area contributed by atoms with Gasteiger partial charge in [-0.1, -0.05) is 23.7 Å². The van der Waals surface area contributed by atoms with Crippen molar-refractivity contribution in [1.29, 1.82) is 0 Å². The normalized spacial score (nSPS) is 10.9. The highest BCUT2D eigenvalue weighted by Crippen LogP contribution is 2.23. The molecule has 4 rings (SSSR count). The van der Waals surface area contributed by atoms with Crippen LogP contribution in [0.5, 0.6) is 0 Å². The lowest BCUT2D eigenvalue weighted by Crippen LogP contribution is -2.14. The van der Waals surface area contributed by atoms with Crippen molar-refractivity contribution in [1.82, 2.24) is 19.3 Å².